The molecule has 0 aromatic carbocycles. The van der Waals surface area contributed by atoms with Crippen molar-refractivity contribution in [2.75, 3.05) is 13.7 Å². The third kappa shape index (κ3) is 3.61. The molecule has 3 N–H and O–H groups in total. The van der Waals surface area contributed by atoms with Crippen LogP contribution >= 0.6 is 0 Å². The summed E-state index contributed by atoms with van der Waals surface area (Å²) in [6, 6.07) is -1.78. The minimum absolute atomic E-state index is 0.0712. The number of carbonyl (C=O) groups excluding carboxylic acids is 1. The first kappa shape index (κ1) is 12.7. The number of nitrogens with one attached hydrogen (secondary N) is 1. The van der Waals surface area contributed by atoms with Gasteiger partial charge >= 0.3 is 12.0 Å². The number of carboxylic acids is 1. The van der Waals surface area contributed by atoms with Crippen molar-refractivity contribution in [2.24, 2.45) is 0 Å². The van der Waals surface area contributed by atoms with Crippen molar-refractivity contribution in [1.82, 2.24) is 10.2 Å². The van der Waals surface area contributed by atoms with Crippen LogP contribution in [0.4, 0.5) is 4.79 Å². The quantitative estimate of drug-likeness (QED) is 0.575. The van der Waals surface area contributed by atoms with Crippen molar-refractivity contribution in [3.63, 3.8) is 0 Å². The molecule has 0 aliphatic heterocycles. The van der Waals surface area contributed by atoms with Gasteiger partial charge in [0.15, 0.2) is 6.04 Å². The number of aliphatic hydroxyl groups is 1. The van der Waals surface area contributed by atoms with Crippen LogP contribution in [-0.2, 0) is 4.79 Å². The lowest BCUT2D eigenvalue weighted by molar-refractivity contribution is -0.143. The Morgan fingerprint density at radius 3 is 2.21 bits per heavy atom. The lowest BCUT2D eigenvalue weighted by Gasteiger charge is -2.24. The molecule has 1 atom stereocenters. The lowest BCUT2D eigenvalue weighted by atomic mass is 10.3. The maximum atomic E-state index is 11.3. The number of nitrogens with zero attached hydrogens (tertiary/aromatic N) is 1. The smallest absolute Gasteiger partial charge is 0.328 e. The number of carboxylic acid groups (broad SMARTS) is 1. The van der Waals surface area contributed by atoms with E-state index in [9.17, 15) is 9.59 Å². The Morgan fingerprint density at radius 2 is 1.93 bits per heavy atom. The second kappa shape index (κ2) is 5.43. The predicted molar refractivity (Wildman–Crippen MR) is 49.9 cm³/mol. The van der Waals surface area contributed by atoms with E-state index in [-0.39, 0.29) is 6.04 Å². The van der Waals surface area contributed by atoms with E-state index in [1.165, 1.54) is 7.05 Å². The Bertz CT molecular complexity index is 217. The minimum atomic E-state index is -1.23. The molecule has 1 unspecified atom stereocenters. The van der Waals surface area contributed by atoms with Crippen LogP contribution < -0.4 is 5.32 Å². The van der Waals surface area contributed by atoms with E-state index in [0.717, 1.165) is 4.90 Å². The molecule has 0 radical (unpaired) electrons. The fourth-order valence-corrected chi connectivity index (χ4v) is 0.857. The molecule has 0 aromatic heterocycles. The number of aliphatic carboxylic acids is 1. The first-order valence-electron chi connectivity index (χ1n) is 4.27. The van der Waals surface area contributed by atoms with Gasteiger partial charge in [0.25, 0.3) is 0 Å². The molecule has 2 amide bonds. The first-order valence-corrected chi connectivity index (χ1v) is 4.27. The van der Waals surface area contributed by atoms with Gasteiger partial charge in [-0.25, -0.2) is 9.59 Å². The van der Waals surface area contributed by atoms with E-state index in [1.54, 1.807) is 13.8 Å². The summed E-state index contributed by atoms with van der Waals surface area (Å²) in [4.78, 5) is 22.8. The summed E-state index contributed by atoms with van der Waals surface area (Å²) in [6.07, 6.45) is 0. The summed E-state index contributed by atoms with van der Waals surface area (Å²) in [5.74, 6) is -1.23. The zero-order valence-corrected chi connectivity index (χ0v) is 8.52. The Labute approximate surface area is 82.5 Å². The largest absolute Gasteiger partial charge is 0.480 e. The van der Waals surface area contributed by atoms with Gasteiger partial charge in [-0.2, -0.15) is 0 Å². The van der Waals surface area contributed by atoms with Crippen molar-refractivity contribution in [2.45, 2.75) is 25.9 Å². The van der Waals surface area contributed by atoms with Crippen molar-refractivity contribution in [3.8, 4) is 0 Å². The van der Waals surface area contributed by atoms with Gasteiger partial charge in [0.2, 0.25) is 0 Å². The minimum Gasteiger partial charge on any atom is -0.480 e. The maximum absolute atomic E-state index is 11.3. The Balaban J connectivity index is 4.34. The summed E-state index contributed by atoms with van der Waals surface area (Å²) < 4.78 is 0. The SMILES string of the molecule is CC(C)NC(=O)N(C)C(CO)C(=O)O. The highest BCUT2D eigenvalue weighted by Crippen LogP contribution is 1.97. The van der Waals surface area contributed by atoms with E-state index in [2.05, 4.69) is 5.32 Å². The van der Waals surface area contributed by atoms with Gasteiger partial charge in [-0.05, 0) is 13.8 Å². The van der Waals surface area contributed by atoms with Gasteiger partial charge in [0.05, 0.1) is 6.61 Å². The summed E-state index contributed by atoms with van der Waals surface area (Å²) in [5, 5.41) is 19.9. The van der Waals surface area contributed by atoms with Gasteiger partial charge in [-0.15, -0.1) is 0 Å². The number of hydrogen-bond donors (Lipinski definition) is 3. The highest BCUT2D eigenvalue weighted by Gasteiger charge is 2.25. The fraction of sp³-hybridized carbons (Fsp3) is 0.750. The fourth-order valence-electron chi connectivity index (χ4n) is 0.857. The third-order valence-electron chi connectivity index (χ3n) is 1.66. The molecule has 0 rings (SSSR count). The predicted octanol–water partition coefficient (Wildman–Crippen LogP) is -0.518. The number of rotatable bonds is 4. The zero-order valence-electron chi connectivity index (χ0n) is 8.52. The van der Waals surface area contributed by atoms with Crippen molar-refractivity contribution in [3.05, 3.63) is 0 Å². The highest BCUT2D eigenvalue weighted by atomic mass is 16.4. The molecular weight excluding hydrogens is 188 g/mol. The molecule has 0 saturated carbocycles. The summed E-state index contributed by atoms with van der Waals surface area (Å²) in [7, 11) is 1.33. The van der Waals surface area contributed by atoms with Crippen molar-refractivity contribution in [1.29, 1.82) is 0 Å². The molecule has 6 heteroatoms. The number of aliphatic hydroxyl groups excluding tert-OH is 1. The van der Waals surface area contributed by atoms with Crippen LogP contribution in [0.1, 0.15) is 13.8 Å². The van der Waals surface area contributed by atoms with Crippen molar-refractivity contribution < 1.29 is 19.8 Å². The molecule has 82 valence electrons. The van der Waals surface area contributed by atoms with Gasteiger partial charge in [-0.1, -0.05) is 0 Å². The van der Waals surface area contributed by atoms with Crippen LogP contribution in [0, 0.1) is 0 Å². The molecule has 0 bridgehead atoms. The zero-order chi connectivity index (χ0) is 11.3. The second-order valence-corrected chi connectivity index (χ2v) is 3.25. The van der Waals surface area contributed by atoms with Crippen LogP contribution in [0.5, 0.6) is 0 Å². The second-order valence-electron chi connectivity index (χ2n) is 3.25. The number of amides is 2. The first-order chi connectivity index (χ1) is 6.40. The summed E-state index contributed by atoms with van der Waals surface area (Å²) in [6.45, 7) is 2.93. The van der Waals surface area contributed by atoms with Crippen LogP contribution in [-0.4, -0.2) is 52.9 Å². The van der Waals surface area contributed by atoms with Gasteiger partial charge < -0.3 is 20.4 Å². The molecule has 0 heterocycles. The molecule has 0 aliphatic carbocycles. The van der Waals surface area contributed by atoms with Crippen molar-refractivity contribution >= 4 is 12.0 Å². The third-order valence-corrected chi connectivity index (χ3v) is 1.66. The average Bonchev–Trinajstić information content (AvgIpc) is 2.03. The number of urea groups is 1. The maximum Gasteiger partial charge on any atom is 0.328 e. The molecule has 14 heavy (non-hydrogen) atoms. The van der Waals surface area contributed by atoms with Crippen LogP contribution in [0.15, 0.2) is 0 Å². The molecule has 0 fully saturated rings. The topological polar surface area (TPSA) is 89.9 Å². The Morgan fingerprint density at radius 1 is 1.43 bits per heavy atom. The Kier molecular flexibility index (Phi) is 4.93. The number of hydrogen-bond acceptors (Lipinski definition) is 3. The lowest BCUT2D eigenvalue weighted by Crippen LogP contribution is -2.50. The van der Waals surface area contributed by atoms with E-state index in [4.69, 9.17) is 10.2 Å². The summed E-state index contributed by atoms with van der Waals surface area (Å²) >= 11 is 0. The van der Waals surface area contributed by atoms with Gasteiger partial charge in [0, 0.05) is 13.1 Å². The molecule has 6 nitrogen and oxygen atoms in total. The average molecular weight is 204 g/mol. The number of carbonyl (C=O) groups is 2. The van der Waals surface area contributed by atoms with E-state index >= 15 is 0 Å². The monoisotopic (exact) mass is 204 g/mol. The van der Waals surface area contributed by atoms with Crippen LogP contribution in [0.3, 0.4) is 0 Å². The van der Waals surface area contributed by atoms with Gasteiger partial charge in [-0.3, -0.25) is 0 Å². The molecule has 0 aromatic rings. The molecular formula is C8H16N2O4. The normalized spacial score (nSPS) is 12.4. The molecule has 0 saturated heterocycles. The van der Waals surface area contributed by atoms with E-state index < -0.39 is 24.6 Å². The highest BCUT2D eigenvalue weighted by molar-refractivity contribution is 5.82. The van der Waals surface area contributed by atoms with Crippen LogP contribution in [0.2, 0.25) is 0 Å². The molecule has 0 spiro atoms. The standard InChI is InChI=1S/C8H16N2O4/c1-5(2)9-8(14)10(3)6(4-11)7(12)13/h5-6,11H,4H2,1-3H3,(H,9,14)(H,12,13). The van der Waals surface area contributed by atoms with Crippen LogP contribution in [0.25, 0.3) is 0 Å². The van der Waals surface area contributed by atoms with E-state index in [0.29, 0.717) is 0 Å². The summed E-state index contributed by atoms with van der Waals surface area (Å²) in [5.41, 5.74) is 0. The van der Waals surface area contributed by atoms with Gasteiger partial charge in [0.1, 0.15) is 0 Å². The molecule has 0 aliphatic rings. The Hall–Kier alpha value is -1.30. The van der Waals surface area contributed by atoms with E-state index in [1.807, 2.05) is 0 Å². The number of likely N-dealkylation sites (N-methyl/N-ethyl adjacent to an activating group) is 1.